The van der Waals surface area contributed by atoms with Crippen LogP contribution in [0.4, 0.5) is 0 Å². The van der Waals surface area contributed by atoms with Crippen LogP contribution >= 0.6 is 0 Å². The van der Waals surface area contributed by atoms with Gasteiger partial charge in [-0.25, -0.2) is 9.67 Å². The summed E-state index contributed by atoms with van der Waals surface area (Å²) in [5.41, 5.74) is 8.04. The van der Waals surface area contributed by atoms with Crippen LogP contribution in [-0.2, 0) is 6.54 Å². The first-order valence-electron chi connectivity index (χ1n) is 6.88. The van der Waals surface area contributed by atoms with Crippen LogP contribution in [0.3, 0.4) is 0 Å². The Morgan fingerprint density at radius 1 is 1.25 bits per heavy atom. The summed E-state index contributed by atoms with van der Waals surface area (Å²) in [6.45, 7) is 6.43. The van der Waals surface area contributed by atoms with Gasteiger partial charge >= 0.3 is 0 Å². The third kappa shape index (κ3) is 3.38. The zero-order valence-corrected chi connectivity index (χ0v) is 12.0. The Morgan fingerprint density at radius 2 is 1.95 bits per heavy atom. The van der Waals surface area contributed by atoms with E-state index in [0.29, 0.717) is 12.5 Å². The van der Waals surface area contributed by atoms with Gasteiger partial charge in [-0.2, -0.15) is 5.10 Å². The van der Waals surface area contributed by atoms with Gasteiger partial charge < -0.3 is 10.6 Å². The SMILES string of the molecule is CCN(CC)C(N)=NCc1cnn(-c2ccccc2)c1. The molecule has 0 aliphatic rings. The first-order valence-corrected chi connectivity index (χ1v) is 6.88. The molecule has 1 aromatic carbocycles. The molecule has 0 aliphatic carbocycles. The predicted octanol–water partition coefficient (Wildman–Crippen LogP) is 2.03. The smallest absolute Gasteiger partial charge is 0.191 e. The number of aliphatic imine (C=N–C) groups is 1. The van der Waals surface area contributed by atoms with Gasteiger partial charge in [0.25, 0.3) is 0 Å². The molecular weight excluding hydrogens is 250 g/mol. The molecule has 0 fully saturated rings. The predicted molar refractivity (Wildman–Crippen MR) is 81.8 cm³/mol. The van der Waals surface area contributed by atoms with Crippen molar-refractivity contribution >= 4 is 5.96 Å². The van der Waals surface area contributed by atoms with E-state index in [4.69, 9.17) is 5.73 Å². The van der Waals surface area contributed by atoms with Crippen LogP contribution < -0.4 is 5.73 Å². The molecule has 0 atom stereocenters. The van der Waals surface area contributed by atoms with Gasteiger partial charge in [0.2, 0.25) is 0 Å². The summed E-state index contributed by atoms with van der Waals surface area (Å²) in [6, 6.07) is 10.0. The molecule has 0 saturated heterocycles. The average molecular weight is 271 g/mol. The zero-order chi connectivity index (χ0) is 14.4. The van der Waals surface area contributed by atoms with E-state index in [0.717, 1.165) is 24.3 Å². The Balaban J connectivity index is 2.05. The fourth-order valence-electron chi connectivity index (χ4n) is 1.98. The molecule has 2 N–H and O–H groups in total. The minimum absolute atomic E-state index is 0.551. The van der Waals surface area contributed by atoms with Crippen LogP contribution in [0.1, 0.15) is 19.4 Å². The number of nitrogens with two attached hydrogens (primary N) is 1. The van der Waals surface area contributed by atoms with Crippen molar-refractivity contribution in [2.45, 2.75) is 20.4 Å². The molecule has 2 aromatic rings. The van der Waals surface area contributed by atoms with Crippen molar-refractivity contribution < 1.29 is 0 Å². The summed E-state index contributed by atoms with van der Waals surface area (Å²) < 4.78 is 1.85. The molecule has 5 heteroatoms. The molecule has 0 bridgehead atoms. The molecule has 0 saturated carbocycles. The second kappa shape index (κ2) is 6.75. The molecule has 1 aromatic heterocycles. The number of nitrogens with zero attached hydrogens (tertiary/aromatic N) is 4. The first-order chi connectivity index (χ1) is 9.74. The Labute approximate surface area is 119 Å². The van der Waals surface area contributed by atoms with E-state index in [1.165, 1.54) is 0 Å². The highest BCUT2D eigenvalue weighted by atomic mass is 15.3. The van der Waals surface area contributed by atoms with Crippen molar-refractivity contribution in [3.8, 4) is 5.69 Å². The maximum atomic E-state index is 5.95. The highest BCUT2D eigenvalue weighted by Gasteiger charge is 2.03. The Hall–Kier alpha value is -2.30. The number of hydrogen-bond acceptors (Lipinski definition) is 2. The quantitative estimate of drug-likeness (QED) is 0.668. The third-order valence-corrected chi connectivity index (χ3v) is 3.17. The van der Waals surface area contributed by atoms with E-state index in [2.05, 4.69) is 23.9 Å². The molecular formula is C15H21N5. The molecule has 0 unspecified atom stereocenters. The van der Waals surface area contributed by atoms with Crippen molar-refractivity contribution in [3.05, 3.63) is 48.3 Å². The van der Waals surface area contributed by atoms with Gasteiger partial charge in [-0.15, -0.1) is 0 Å². The molecule has 1 heterocycles. The summed E-state index contributed by atoms with van der Waals surface area (Å²) in [5.74, 6) is 0.586. The largest absolute Gasteiger partial charge is 0.370 e. The lowest BCUT2D eigenvalue weighted by atomic mass is 10.3. The van der Waals surface area contributed by atoms with E-state index in [1.54, 1.807) is 0 Å². The van der Waals surface area contributed by atoms with Crippen LogP contribution in [0.5, 0.6) is 0 Å². The van der Waals surface area contributed by atoms with Gasteiger partial charge in [0.1, 0.15) is 0 Å². The van der Waals surface area contributed by atoms with E-state index in [1.807, 2.05) is 52.3 Å². The van der Waals surface area contributed by atoms with Gasteiger partial charge in [0.15, 0.2) is 5.96 Å². The molecule has 0 radical (unpaired) electrons. The molecule has 106 valence electrons. The van der Waals surface area contributed by atoms with Gasteiger partial charge in [0, 0.05) is 24.8 Å². The maximum absolute atomic E-state index is 5.95. The highest BCUT2D eigenvalue weighted by Crippen LogP contribution is 2.08. The standard InChI is InChI=1S/C15H21N5/c1-3-19(4-2)15(16)17-10-13-11-18-20(12-13)14-8-6-5-7-9-14/h5-9,11-12H,3-4,10H2,1-2H3,(H2,16,17). The number of guanidine groups is 1. The fraction of sp³-hybridized carbons (Fsp3) is 0.333. The lowest BCUT2D eigenvalue weighted by Crippen LogP contribution is -2.37. The monoisotopic (exact) mass is 271 g/mol. The molecule has 0 aliphatic heterocycles. The Morgan fingerprint density at radius 3 is 2.60 bits per heavy atom. The Bertz CT molecular complexity index is 555. The number of aromatic nitrogens is 2. The Kier molecular flexibility index (Phi) is 4.76. The maximum Gasteiger partial charge on any atom is 0.191 e. The number of para-hydroxylation sites is 1. The summed E-state index contributed by atoms with van der Waals surface area (Å²) in [5, 5.41) is 4.34. The van der Waals surface area contributed by atoms with E-state index in [9.17, 15) is 0 Å². The van der Waals surface area contributed by atoms with Crippen LogP contribution in [0.2, 0.25) is 0 Å². The topological polar surface area (TPSA) is 59.4 Å². The summed E-state index contributed by atoms with van der Waals surface area (Å²) >= 11 is 0. The molecule has 0 spiro atoms. The fourth-order valence-corrected chi connectivity index (χ4v) is 1.98. The van der Waals surface area contributed by atoms with Crippen molar-refractivity contribution in [2.24, 2.45) is 10.7 Å². The second-order valence-corrected chi connectivity index (χ2v) is 4.48. The highest BCUT2D eigenvalue weighted by molar-refractivity contribution is 5.77. The van der Waals surface area contributed by atoms with Crippen LogP contribution in [0.15, 0.2) is 47.7 Å². The molecule has 0 amide bonds. The van der Waals surface area contributed by atoms with E-state index < -0.39 is 0 Å². The third-order valence-electron chi connectivity index (χ3n) is 3.17. The number of benzene rings is 1. The number of hydrogen-bond donors (Lipinski definition) is 1. The lowest BCUT2D eigenvalue weighted by Gasteiger charge is -2.19. The van der Waals surface area contributed by atoms with Crippen molar-refractivity contribution in [1.82, 2.24) is 14.7 Å². The van der Waals surface area contributed by atoms with Gasteiger partial charge in [-0.05, 0) is 26.0 Å². The molecule has 20 heavy (non-hydrogen) atoms. The lowest BCUT2D eigenvalue weighted by molar-refractivity contribution is 0.458. The van der Waals surface area contributed by atoms with Crippen molar-refractivity contribution in [3.63, 3.8) is 0 Å². The second-order valence-electron chi connectivity index (χ2n) is 4.48. The van der Waals surface area contributed by atoms with E-state index in [-0.39, 0.29) is 0 Å². The summed E-state index contributed by atoms with van der Waals surface area (Å²) in [4.78, 5) is 6.44. The van der Waals surface area contributed by atoms with Crippen molar-refractivity contribution in [2.75, 3.05) is 13.1 Å². The van der Waals surface area contributed by atoms with E-state index >= 15 is 0 Å². The van der Waals surface area contributed by atoms with Crippen LogP contribution in [0.25, 0.3) is 5.69 Å². The van der Waals surface area contributed by atoms with Crippen LogP contribution in [-0.4, -0.2) is 33.7 Å². The zero-order valence-electron chi connectivity index (χ0n) is 12.0. The van der Waals surface area contributed by atoms with Gasteiger partial charge in [0.05, 0.1) is 18.4 Å². The molecule has 5 nitrogen and oxygen atoms in total. The van der Waals surface area contributed by atoms with Gasteiger partial charge in [-0.3, -0.25) is 0 Å². The minimum Gasteiger partial charge on any atom is -0.370 e. The summed E-state index contributed by atoms with van der Waals surface area (Å²) in [7, 11) is 0. The first kappa shape index (κ1) is 14.1. The van der Waals surface area contributed by atoms with Crippen molar-refractivity contribution in [1.29, 1.82) is 0 Å². The van der Waals surface area contributed by atoms with Crippen LogP contribution in [0, 0.1) is 0 Å². The summed E-state index contributed by atoms with van der Waals surface area (Å²) in [6.07, 6.45) is 3.81. The molecule has 2 rings (SSSR count). The number of rotatable bonds is 5. The normalized spacial score (nSPS) is 11.6. The van der Waals surface area contributed by atoms with Gasteiger partial charge in [-0.1, -0.05) is 18.2 Å². The average Bonchev–Trinajstić information content (AvgIpc) is 2.96. The minimum atomic E-state index is 0.551.